The number of halogens is 2. The Morgan fingerprint density at radius 1 is 1.13 bits per heavy atom. The van der Waals surface area contributed by atoms with Crippen molar-refractivity contribution >= 4 is 46.8 Å². The Morgan fingerprint density at radius 3 is 2.48 bits per heavy atom. The number of anilines is 1. The van der Waals surface area contributed by atoms with Crippen molar-refractivity contribution in [3.8, 4) is 0 Å². The van der Waals surface area contributed by atoms with Gasteiger partial charge >= 0.3 is 5.97 Å². The van der Waals surface area contributed by atoms with Gasteiger partial charge in [0.25, 0.3) is 5.91 Å². The van der Waals surface area contributed by atoms with Crippen LogP contribution in [0.5, 0.6) is 0 Å². The molecule has 0 fully saturated rings. The maximum absolute atomic E-state index is 12.3. The van der Waals surface area contributed by atoms with E-state index in [1.54, 1.807) is 31.2 Å². The number of aromatic carboxylic acids is 1. The third kappa shape index (κ3) is 4.34. The zero-order valence-electron chi connectivity index (χ0n) is 12.1. The quantitative estimate of drug-likeness (QED) is 0.783. The van der Waals surface area contributed by atoms with Crippen LogP contribution >= 0.6 is 23.2 Å². The van der Waals surface area contributed by atoms with E-state index in [1.165, 1.54) is 18.2 Å². The highest BCUT2D eigenvalue weighted by Crippen LogP contribution is 2.23. The summed E-state index contributed by atoms with van der Waals surface area (Å²) in [5.41, 5.74) is 1.19. The number of nitrogens with one attached hydrogen (secondary N) is 1. The number of rotatable bonds is 4. The zero-order valence-corrected chi connectivity index (χ0v) is 13.7. The van der Waals surface area contributed by atoms with Gasteiger partial charge in [0, 0.05) is 15.6 Å². The smallest absolute Gasteiger partial charge is 0.337 e. The Labute approximate surface area is 143 Å². The van der Waals surface area contributed by atoms with Crippen LogP contribution in [0.3, 0.4) is 0 Å². The van der Waals surface area contributed by atoms with E-state index in [2.05, 4.69) is 5.32 Å². The van der Waals surface area contributed by atoms with Gasteiger partial charge in [0.2, 0.25) is 0 Å². The lowest BCUT2D eigenvalue weighted by molar-refractivity contribution is -0.112. The van der Waals surface area contributed by atoms with Gasteiger partial charge in [-0.3, -0.25) is 4.79 Å². The van der Waals surface area contributed by atoms with Crippen molar-refractivity contribution in [2.75, 3.05) is 5.32 Å². The van der Waals surface area contributed by atoms with E-state index in [-0.39, 0.29) is 11.3 Å². The second-order valence-electron chi connectivity index (χ2n) is 4.80. The Bertz CT molecular complexity index is 800. The molecule has 0 atom stereocenters. The molecule has 0 unspecified atom stereocenters. The van der Waals surface area contributed by atoms with Gasteiger partial charge in [-0.25, -0.2) is 4.79 Å². The van der Waals surface area contributed by atoms with Crippen LogP contribution in [0.4, 0.5) is 5.69 Å². The van der Waals surface area contributed by atoms with Crippen LogP contribution in [0.15, 0.2) is 48.0 Å². The number of carbonyl (C=O) groups excluding carboxylic acids is 1. The fourth-order valence-corrected chi connectivity index (χ4v) is 2.28. The first kappa shape index (κ1) is 17.1. The molecule has 0 heterocycles. The minimum atomic E-state index is -1.15. The lowest BCUT2D eigenvalue weighted by atomic mass is 10.1. The number of carboxylic acid groups (broad SMARTS) is 1. The summed E-state index contributed by atoms with van der Waals surface area (Å²) < 4.78 is 0. The van der Waals surface area contributed by atoms with Crippen LogP contribution in [0, 0.1) is 0 Å². The number of hydrogen-bond acceptors (Lipinski definition) is 2. The Hall–Kier alpha value is -2.30. The summed E-state index contributed by atoms with van der Waals surface area (Å²) in [6, 6.07) is 11.3. The maximum atomic E-state index is 12.3. The average molecular weight is 350 g/mol. The number of carboxylic acids is 1. The summed E-state index contributed by atoms with van der Waals surface area (Å²) >= 11 is 11.9. The van der Waals surface area contributed by atoms with Crippen molar-refractivity contribution in [2.24, 2.45) is 0 Å². The van der Waals surface area contributed by atoms with Crippen molar-refractivity contribution in [3.05, 3.63) is 69.2 Å². The molecule has 0 aromatic heterocycles. The summed E-state index contributed by atoms with van der Waals surface area (Å²) in [5, 5.41) is 12.6. The summed E-state index contributed by atoms with van der Waals surface area (Å²) in [4.78, 5) is 23.4. The molecule has 1 amide bonds. The van der Waals surface area contributed by atoms with E-state index in [1.807, 2.05) is 6.07 Å². The van der Waals surface area contributed by atoms with Crippen LogP contribution in [0.1, 0.15) is 22.8 Å². The second-order valence-corrected chi connectivity index (χ2v) is 5.64. The Morgan fingerprint density at radius 2 is 1.83 bits per heavy atom. The highest BCUT2D eigenvalue weighted by Gasteiger charge is 2.14. The SMILES string of the molecule is C/C(=C\c1ccccc1Cl)C(=O)Nc1cc(Cl)ccc1C(=O)O. The molecule has 2 aromatic carbocycles. The first-order valence-electron chi connectivity index (χ1n) is 6.65. The lowest BCUT2D eigenvalue weighted by Crippen LogP contribution is -2.15. The van der Waals surface area contributed by atoms with Crippen LogP contribution in [-0.4, -0.2) is 17.0 Å². The molecule has 6 heteroatoms. The van der Waals surface area contributed by atoms with Gasteiger partial charge in [0.1, 0.15) is 0 Å². The predicted octanol–water partition coefficient (Wildman–Crippen LogP) is 4.73. The molecule has 118 valence electrons. The van der Waals surface area contributed by atoms with E-state index < -0.39 is 11.9 Å². The third-order valence-electron chi connectivity index (χ3n) is 3.10. The fourth-order valence-electron chi connectivity index (χ4n) is 1.92. The second kappa shape index (κ2) is 7.31. The van der Waals surface area contributed by atoms with Crippen molar-refractivity contribution in [1.29, 1.82) is 0 Å². The number of hydrogen-bond donors (Lipinski definition) is 2. The highest BCUT2D eigenvalue weighted by atomic mass is 35.5. The van der Waals surface area contributed by atoms with Gasteiger partial charge < -0.3 is 10.4 Å². The van der Waals surface area contributed by atoms with E-state index in [4.69, 9.17) is 28.3 Å². The van der Waals surface area contributed by atoms with E-state index in [0.717, 1.165) is 0 Å². The van der Waals surface area contributed by atoms with Crippen molar-refractivity contribution in [3.63, 3.8) is 0 Å². The van der Waals surface area contributed by atoms with Gasteiger partial charge in [0.15, 0.2) is 0 Å². The van der Waals surface area contributed by atoms with Crippen LogP contribution in [0.25, 0.3) is 6.08 Å². The molecule has 0 radical (unpaired) electrons. The fraction of sp³-hybridized carbons (Fsp3) is 0.0588. The van der Waals surface area contributed by atoms with Crippen molar-refractivity contribution in [2.45, 2.75) is 6.92 Å². The first-order chi connectivity index (χ1) is 10.9. The molecular weight excluding hydrogens is 337 g/mol. The predicted molar refractivity (Wildman–Crippen MR) is 92.1 cm³/mol. The van der Waals surface area contributed by atoms with E-state index in [9.17, 15) is 9.59 Å². The minimum absolute atomic E-state index is 0.0340. The molecule has 0 aliphatic rings. The molecule has 2 rings (SSSR count). The number of carbonyl (C=O) groups is 2. The molecule has 2 aromatic rings. The summed E-state index contributed by atoms with van der Waals surface area (Å²) in [5.74, 6) is -1.58. The molecule has 0 bridgehead atoms. The Kier molecular flexibility index (Phi) is 5.42. The molecule has 23 heavy (non-hydrogen) atoms. The minimum Gasteiger partial charge on any atom is -0.478 e. The molecule has 0 saturated carbocycles. The highest BCUT2D eigenvalue weighted by molar-refractivity contribution is 6.32. The van der Waals surface area contributed by atoms with Gasteiger partial charge in [-0.2, -0.15) is 0 Å². The standard InChI is InChI=1S/C17H13Cl2NO3/c1-10(8-11-4-2-3-5-14(11)19)16(21)20-15-9-12(18)6-7-13(15)17(22)23/h2-9H,1H3,(H,20,21)(H,22,23)/b10-8+. The summed E-state index contributed by atoms with van der Waals surface area (Å²) in [7, 11) is 0. The average Bonchev–Trinajstić information content (AvgIpc) is 2.49. The zero-order chi connectivity index (χ0) is 17.0. The molecule has 0 spiro atoms. The van der Waals surface area contributed by atoms with Gasteiger partial charge in [0.05, 0.1) is 11.3 Å². The van der Waals surface area contributed by atoms with Gasteiger partial charge in [-0.1, -0.05) is 41.4 Å². The van der Waals surface area contributed by atoms with Gasteiger partial charge in [-0.05, 0) is 42.8 Å². The van der Waals surface area contributed by atoms with Crippen LogP contribution in [-0.2, 0) is 4.79 Å². The van der Waals surface area contributed by atoms with Crippen LogP contribution < -0.4 is 5.32 Å². The van der Waals surface area contributed by atoms with E-state index >= 15 is 0 Å². The maximum Gasteiger partial charge on any atom is 0.337 e. The van der Waals surface area contributed by atoms with Crippen molar-refractivity contribution < 1.29 is 14.7 Å². The van der Waals surface area contributed by atoms with Gasteiger partial charge in [-0.15, -0.1) is 0 Å². The van der Waals surface area contributed by atoms with Crippen molar-refractivity contribution in [1.82, 2.24) is 0 Å². The topological polar surface area (TPSA) is 66.4 Å². The molecule has 4 nitrogen and oxygen atoms in total. The summed E-state index contributed by atoms with van der Waals surface area (Å²) in [6.07, 6.45) is 1.63. The molecule has 2 N–H and O–H groups in total. The molecule has 0 aliphatic heterocycles. The van der Waals surface area contributed by atoms with E-state index in [0.29, 0.717) is 21.2 Å². The number of amides is 1. The first-order valence-corrected chi connectivity index (χ1v) is 7.41. The monoisotopic (exact) mass is 349 g/mol. The Balaban J connectivity index is 2.27. The summed E-state index contributed by atoms with van der Waals surface area (Å²) in [6.45, 7) is 1.61. The largest absolute Gasteiger partial charge is 0.478 e. The van der Waals surface area contributed by atoms with Crippen LogP contribution in [0.2, 0.25) is 10.0 Å². The third-order valence-corrected chi connectivity index (χ3v) is 3.67. The number of benzene rings is 2. The molecule has 0 aliphatic carbocycles. The lowest BCUT2D eigenvalue weighted by Gasteiger charge is -2.09. The normalized spacial score (nSPS) is 11.2. The molecular formula is C17H13Cl2NO3. The molecule has 0 saturated heterocycles.